The van der Waals surface area contributed by atoms with Crippen molar-refractivity contribution >= 4 is 63.6 Å². The van der Waals surface area contributed by atoms with Crippen LogP contribution in [-0.4, -0.2) is 82.0 Å². The van der Waals surface area contributed by atoms with Crippen LogP contribution in [0.15, 0.2) is 42.5 Å². The van der Waals surface area contributed by atoms with Gasteiger partial charge in [-0.3, -0.25) is 19.2 Å². The number of halogens is 1. The molecular formula is C33H46ClN5O7S2. The highest BCUT2D eigenvalue weighted by atomic mass is 35.5. The summed E-state index contributed by atoms with van der Waals surface area (Å²) in [6, 6.07) is 7.88. The Morgan fingerprint density at radius 1 is 1.00 bits per heavy atom. The van der Waals surface area contributed by atoms with E-state index < -0.39 is 69.8 Å². The monoisotopic (exact) mass is 723 g/mol. The Morgan fingerprint density at radius 2 is 1.58 bits per heavy atom. The van der Waals surface area contributed by atoms with E-state index in [9.17, 15) is 29.1 Å². The molecule has 2 aromatic carbocycles. The lowest BCUT2D eigenvalue weighted by Gasteiger charge is -2.38. The summed E-state index contributed by atoms with van der Waals surface area (Å²) in [4.78, 5) is 66.8. The van der Waals surface area contributed by atoms with E-state index in [0.717, 1.165) is 22.3 Å². The Kier molecular flexibility index (Phi) is 14.7. The van der Waals surface area contributed by atoms with Crippen LogP contribution in [-0.2, 0) is 41.6 Å². The van der Waals surface area contributed by atoms with E-state index >= 15 is 0 Å². The predicted octanol–water partition coefficient (Wildman–Crippen LogP) is 2.24. The molecule has 0 unspecified atom stereocenters. The number of aromatic hydroxyl groups is 1. The summed E-state index contributed by atoms with van der Waals surface area (Å²) in [7, 11) is 3.71. The Hall–Kier alpha value is -3.46. The molecule has 264 valence electrons. The molecule has 12 nitrogen and oxygen atoms in total. The van der Waals surface area contributed by atoms with Crippen molar-refractivity contribution in [1.82, 2.24) is 21.3 Å². The van der Waals surface area contributed by atoms with Gasteiger partial charge in [0.15, 0.2) is 0 Å². The maximum Gasteiger partial charge on any atom is 0.329 e. The fraction of sp³-hybridized carbons (Fsp3) is 0.485. The molecule has 0 bridgehead atoms. The molecule has 0 aliphatic carbocycles. The topological polar surface area (TPSA) is 189 Å². The molecule has 4 atom stereocenters. The molecule has 2 aromatic rings. The molecule has 1 saturated heterocycles. The molecule has 15 heteroatoms. The number of phenolic OH excluding ortho intramolecular Hbond substituents is 1. The number of rotatable bonds is 7. The zero-order valence-corrected chi connectivity index (χ0v) is 30.6. The summed E-state index contributed by atoms with van der Waals surface area (Å²) in [6.07, 6.45) is 0.297. The zero-order chi connectivity index (χ0) is 35.1. The van der Waals surface area contributed by atoms with Crippen LogP contribution in [0.25, 0.3) is 0 Å². The molecule has 1 fully saturated rings. The lowest BCUT2D eigenvalue weighted by molar-refractivity contribution is -0.146. The molecule has 4 amide bonds. The van der Waals surface area contributed by atoms with E-state index in [1.54, 1.807) is 39.8 Å². The summed E-state index contributed by atoms with van der Waals surface area (Å²) in [5.41, 5.74) is 9.47. The molecular weight excluding hydrogens is 678 g/mol. The number of methoxy groups -OCH3 is 1. The number of nitrogens with two attached hydrogens (primary N) is 1. The molecule has 0 saturated carbocycles. The summed E-state index contributed by atoms with van der Waals surface area (Å²) >= 11 is 0. The van der Waals surface area contributed by atoms with Crippen LogP contribution >= 0.6 is 34.0 Å². The number of amides is 4. The molecule has 1 aliphatic heterocycles. The molecule has 7 N–H and O–H groups in total. The second-order valence-electron chi connectivity index (χ2n) is 12.7. The van der Waals surface area contributed by atoms with Crippen LogP contribution in [0.3, 0.4) is 0 Å². The fourth-order valence-electron chi connectivity index (χ4n) is 5.17. The molecule has 0 aromatic heterocycles. The smallest absolute Gasteiger partial charge is 0.329 e. The van der Waals surface area contributed by atoms with Gasteiger partial charge in [-0.1, -0.05) is 51.9 Å². The van der Waals surface area contributed by atoms with Gasteiger partial charge in [-0.25, -0.2) is 4.79 Å². The number of esters is 1. The van der Waals surface area contributed by atoms with E-state index in [0.29, 0.717) is 0 Å². The van der Waals surface area contributed by atoms with Crippen molar-refractivity contribution in [2.75, 3.05) is 13.7 Å². The molecule has 0 spiro atoms. The maximum absolute atomic E-state index is 13.7. The number of nitrogens with one attached hydrogen (secondary N) is 4. The average Bonchev–Trinajstić information content (AvgIpc) is 3.01. The van der Waals surface area contributed by atoms with Crippen LogP contribution in [0.4, 0.5) is 0 Å². The number of aryl methyl sites for hydroxylation is 2. The minimum atomic E-state index is -1.15. The van der Waals surface area contributed by atoms with E-state index in [-0.39, 0.29) is 31.0 Å². The first-order valence-electron chi connectivity index (χ1n) is 15.2. The van der Waals surface area contributed by atoms with E-state index in [4.69, 9.17) is 10.5 Å². The van der Waals surface area contributed by atoms with Crippen molar-refractivity contribution in [1.29, 1.82) is 0 Å². The summed E-state index contributed by atoms with van der Waals surface area (Å²) < 4.78 is 3.06. The van der Waals surface area contributed by atoms with Crippen molar-refractivity contribution in [3.8, 4) is 5.75 Å². The number of carbonyl (C=O) groups excluding carboxylic acids is 5. The second kappa shape index (κ2) is 17.3. The lowest BCUT2D eigenvalue weighted by atomic mass is 9.95. The third-order valence-electron chi connectivity index (χ3n) is 7.93. The highest BCUT2D eigenvalue weighted by Gasteiger charge is 2.44. The van der Waals surface area contributed by atoms with Gasteiger partial charge in [0.2, 0.25) is 23.6 Å². The number of hydrogen-bond acceptors (Lipinski definition) is 10. The standard InChI is InChI=1S/C33H45N5O7S2.ClH/c1-18-13-21(39)14-19(2)22(18)16-23(34)28(41)37-26-30(43)35-17-25(40)36-24(15-20-11-9-8-10-12-20)29(42)38-27(31(44)45-7)33(5,6)47-46-32(26,3)4;/h8-14,23-24,26-27,39H,15-17,34H2,1-7H3,(H,35,43)(H,36,40)(H,37,41)(H,38,42);1H/t23-,24-,26-,27-;/m0./s1. The Morgan fingerprint density at radius 3 is 2.17 bits per heavy atom. The first kappa shape index (κ1) is 40.7. The number of carbonyl (C=O) groups is 5. The average molecular weight is 724 g/mol. The van der Waals surface area contributed by atoms with Crippen LogP contribution in [0.1, 0.15) is 49.9 Å². The number of benzene rings is 2. The van der Waals surface area contributed by atoms with E-state index in [2.05, 4.69) is 21.3 Å². The second-order valence-corrected chi connectivity index (χ2v) is 16.1. The minimum Gasteiger partial charge on any atom is -0.508 e. The van der Waals surface area contributed by atoms with Gasteiger partial charge in [0.1, 0.15) is 23.9 Å². The van der Waals surface area contributed by atoms with Crippen LogP contribution < -0.4 is 27.0 Å². The minimum absolute atomic E-state index is 0. The van der Waals surface area contributed by atoms with Gasteiger partial charge >= 0.3 is 5.97 Å². The van der Waals surface area contributed by atoms with Gasteiger partial charge in [0.05, 0.1) is 24.4 Å². The lowest BCUT2D eigenvalue weighted by Crippen LogP contribution is -2.62. The fourth-order valence-corrected chi connectivity index (χ4v) is 7.98. The number of phenols is 1. The van der Waals surface area contributed by atoms with Crippen LogP contribution in [0.2, 0.25) is 0 Å². The van der Waals surface area contributed by atoms with Crippen LogP contribution in [0, 0.1) is 13.8 Å². The van der Waals surface area contributed by atoms with Crippen molar-refractivity contribution in [2.24, 2.45) is 5.73 Å². The zero-order valence-electron chi connectivity index (χ0n) is 28.2. The third kappa shape index (κ3) is 10.8. The Labute approximate surface area is 295 Å². The molecule has 48 heavy (non-hydrogen) atoms. The first-order valence-corrected chi connectivity index (χ1v) is 17.3. The molecule has 1 heterocycles. The van der Waals surface area contributed by atoms with Crippen molar-refractivity contribution in [2.45, 2.75) is 88.0 Å². The molecule has 0 radical (unpaired) electrons. The van der Waals surface area contributed by atoms with Gasteiger partial charge in [-0.05, 0) is 82.3 Å². The summed E-state index contributed by atoms with van der Waals surface area (Å²) in [5, 5.41) is 20.8. The van der Waals surface area contributed by atoms with Gasteiger partial charge in [0.25, 0.3) is 0 Å². The van der Waals surface area contributed by atoms with Gasteiger partial charge < -0.3 is 36.8 Å². The third-order valence-corrected chi connectivity index (χ3v) is 12.2. The molecule has 1 aliphatic rings. The maximum atomic E-state index is 13.7. The van der Waals surface area contributed by atoms with Crippen LogP contribution in [0.5, 0.6) is 5.75 Å². The van der Waals surface area contributed by atoms with Crippen molar-refractivity contribution in [3.05, 3.63) is 64.7 Å². The quantitative estimate of drug-likeness (QED) is 0.183. The number of hydrogen-bond donors (Lipinski definition) is 6. The number of ether oxygens (including phenoxy) is 1. The highest BCUT2D eigenvalue weighted by Crippen LogP contribution is 2.46. The Balaban J connectivity index is 0.00000800. The van der Waals surface area contributed by atoms with Gasteiger partial charge in [-0.15, -0.1) is 12.4 Å². The summed E-state index contributed by atoms with van der Waals surface area (Å²) in [5.74, 6) is -3.00. The van der Waals surface area contributed by atoms with Crippen molar-refractivity contribution in [3.63, 3.8) is 0 Å². The normalized spacial score (nSPS) is 22.0. The predicted molar refractivity (Wildman–Crippen MR) is 191 cm³/mol. The summed E-state index contributed by atoms with van der Waals surface area (Å²) in [6.45, 7) is 10.2. The highest BCUT2D eigenvalue weighted by molar-refractivity contribution is 8.77. The largest absolute Gasteiger partial charge is 0.508 e. The van der Waals surface area contributed by atoms with E-state index in [1.807, 2.05) is 44.2 Å². The molecule has 3 rings (SSSR count). The van der Waals surface area contributed by atoms with E-state index in [1.165, 1.54) is 28.7 Å². The van der Waals surface area contributed by atoms with Crippen molar-refractivity contribution < 1.29 is 33.8 Å². The van der Waals surface area contributed by atoms with Gasteiger partial charge in [-0.2, -0.15) is 0 Å². The van der Waals surface area contributed by atoms with Gasteiger partial charge in [0, 0.05) is 11.2 Å². The Bertz CT molecular complexity index is 1470. The first-order chi connectivity index (χ1) is 21.9. The SMILES string of the molecule is COC(=O)[C@@H]1NC(=O)[C@H](Cc2ccccc2)NC(=O)CNC(=O)[C@H](NC(=O)[C@@H](N)Cc2c(C)cc(O)cc2C)C(C)(C)SSC1(C)C.Cl.